The van der Waals surface area contributed by atoms with Gasteiger partial charge in [-0.15, -0.1) is 0 Å². The molecule has 0 aliphatic carbocycles. The van der Waals surface area contributed by atoms with Crippen LogP contribution in [0, 0.1) is 5.41 Å². The smallest absolute Gasteiger partial charge is 0.287 e. The Labute approximate surface area is 182 Å². The molecule has 0 saturated carbocycles. The molecular weight excluding hydrogens is 416 g/mol. The van der Waals surface area contributed by atoms with Gasteiger partial charge in [0.2, 0.25) is 0 Å². The Balaban J connectivity index is 1.61. The standard InChI is InChI=1S/C22H19ClN6O2/c23-14-3-1-2-13(8-14)19(11-30)29-22(31)21-27-17-9-15(16(24)10-18(17)28-21)20(25)12-4-6-26-7-5-12/h1-10,19,25,30H,11,24H2,(H,27,28)(H,29,31). The highest BCUT2D eigenvalue weighted by molar-refractivity contribution is 6.30. The Kier molecular flexibility index (Phi) is 5.66. The van der Waals surface area contributed by atoms with Crippen LogP contribution in [0.25, 0.3) is 11.0 Å². The fraction of sp³-hybridized carbons (Fsp3) is 0.0909. The van der Waals surface area contributed by atoms with Crippen molar-refractivity contribution in [3.8, 4) is 0 Å². The number of H-pyrrole nitrogens is 1. The molecule has 156 valence electrons. The van der Waals surface area contributed by atoms with Gasteiger partial charge in [0.25, 0.3) is 5.91 Å². The van der Waals surface area contributed by atoms with Crippen LogP contribution in [0.5, 0.6) is 0 Å². The fourth-order valence-electron chi connectivity index (χ4n) is 3.26. The monoisotopic (exact) mass is 434 g/mol. The molecule has 0 fully saturated rings. The van der Waals surface area contributed by atoms with Gasteiger partial charge in [-0.1, -0.05) is 23.7 Å². The van der Waals surface area contributed by atoms with Gasteiger partial charge in [-0.3, -0.25) is 15.2 Å². The number of imidazole rings is 1. The highest BCUT2D eigenvalue weighted by Crippen LogP contribution is 2.24. The van der Waals surface area contributed by atoms with Crippen molar-refractivity contribution in [1.29, 1.82) is 5.41 Å². The summed E-state index contributed by atoms with van der Waals surface area (Å²) in [5.74, 6) is -0.415. The third-order valence-corrected chi connectivity index (χ3v) is 5.08. The molecule has 1 unspecified atom stereocenters. The molecule has 8 nitrogen and oxygen atoms in total. The molecule has 0 aliphatic heterocycles. The lowest BCUT2D eigenvalue weighted by Gasteiger charge is -2.16. The Morgan fingerprint density at radius 3 is 2.71 bits per heavy atom. The van der Waals surface area contributed by atoms with Crippen molar-refractivity contribution in [2.24, 2.45) is 0 Å². The van der Waals surface area contributed by atoms with Crippen LogP contribution in [0.4, 0.5) is 5.69 Å². The van der Waals surface area contributed by atoms with E-state index in [0.29, 0.717) is 38.4 Å². The highest BCUT2D eigenvalue weighted by atomic mass is 35.5. The molecule has 0 spiro atoms. The van der Waals surface area contributed by atoms with Crippen LogP contribution in [0.2, 0.25) is 5.02 Å². The molecule has 0 bridgehead atoms. The summed E-state index contributed by atoms with van der Waals surface area (Å²) in [6.07, 6.45) is 3.21. The Morgan fingerprint density at radius 2 is 2.00 bits per heavy atom. The predicted molar refractivity (Wildman–Crippen MR) is 119 cm³/mol. The maximum atomic E-state index is 12.7. The van der Waals surface area contributed by atoms with Crippen molar-refractivity contribution >= 4 is 39.9 Å². The number of nitrogens with zero attached hydrogens (tertiary/aromatic N) is 2. The van der Waals surface area contributed by atoms with Crippen molar-refractivity contribution in [2.45, 2.75) is 6.04 Å². The summed E-state index contributed by atoms with van der Waals surface area (Å²) in [7, 11) is 0. The third-order valence-electron chi connectivity index (χ3n) is 4.85. The molecule has 0 saturated heterocycles. The second-order valence-electron chi connectivity index (χ2n) is 6.92. The zero-order chi connectivity index (χ0) is 22.0. The van der Waals surface area contributed by atoms with Crippen molar-refractivity contribution in [3.05, 3.63) is 88.5 Å². The SMILES string of the molecule is N=C(c1ccncc1)c1cc2nc(C(=O)NC(CO)c3cccc(Cl)c3)[nH]c2cc1N. The fourth-order valence-corrected chi connectivity index (χ4v) is 3.45. The van der Waals surface area contributed by atoms with Gasteiger partial charge in [0, 0.05) is 34.2 Å². The van der Waals surface area contributed by atoms with E-state index in [1.54, 1.807) is 60.9 Å². The lowest BCUT2D eigenvalue weighted by Crippen LogP contribution is -2.31. The zero-order valence-corrected chi connectivity index (χ0v) is 17.0. The number of carbonyl (C=O) groups is 1. The summed E-state index contributed by atoms with van der Waals surface area (Å²) in [5.41, 5.74) is 9.69. The van der Waals surface area contributed by atoms with Crippen LogP contribution < -0.4 is 11.1 Å². The van der Waals surface area contributed by atoms with Gasteiger partial charge in [0.05, 0.1) is 29.4 Å². The number of nitrogens with two attached hydrogens (primary N) is 1. The second-order valence-corrected chi connectivity index (χ2v) is 7.35. The van der Waals surface area contributed by atoms with Crippen LogP contribution in [0.3, 0.4) is 0 Å². The van der Waals surface area contributed by atoms with Crippen LogP contribution in [0.1, 0.15) is 33.4 Å². The molecule has 2 aromatic carbocycles. The molecule has 0 radical (unpaired) electrons. The number of rotatable bonds is 6. The number of anilines is 1. The summed E-state index contributed by atoms with van der Waals surface area (Å²) in [6, 6.07) is 13.0. The quantitative estimate of drug-likeness (QED) is 0.234. The third kappa shape index (κ3) is 4.25. The van der Waals surface area contributed by atoms with E-state index >= 15 is 0 Å². The topological polar surface area (TPSA) is 141 Å². The lowest BCUT2D eigenvalue weighted by molar-refractivity contribution is 0.0907. The molecule has 4 aromatic rings. The minimum atomic E-state index is -0.639. The van der Waals surface area contributed by atoms with Crippen LogP contribution >= 0.6 is 11.6 Å². The molecule has 0 aliphatic rings. The minimum Gasteiger partial charge on any atom is -0.398 e. The number of nitrogens with one attached hydrogen (secondary N) is 3. The van der Waals surface area contributed by atoms with E-state index in [1.807, 2.05) is 0 Å². The van der Waals surface area contributed by atoms with E-state index in [2.05, 4.69) is 20.3 Å². The number of amides is 1. The van der Waals surface area contributed by atoms with Crippen molar-refractivity contribution in [1.82, 2.24) is 20.3 Å². The number of hydrogen-bond donors (Lipinski definition) is 5. The summed E-state index contributed by atoms with van der Waals surface area (Å²) in [6.45, 7) is -0.299. The first kappa shape index (κ1) is 20.5. The predicted octanol–water partition coefficient (Wildman–Crippen LogP) is 3.07. The summed E-state index contributed by atoms with van der Waals surface area (Å²) >= 11 is 6.01. The van der Waals surface area contributed by atoms with Gasteiger partial charge < -0.3 is 21.1 Å². The molecule has 2 aromatic heterocycles. The summed E-state index contributed by atoms with van der Waals surface area (Å²) < 4.78 is 0. The Bertz CT molecular complexity index is 1270. The first-order valence-electron chi connectivity index (χ1n) is 9.42. The van der Waals surface area contributed by atoms with Gasteiger partial charge in [-0.2, -0.15) is 0 Å². The van der Waals surface area contributed by atoms with Crippen LogP contribution in [-0.2, 0) is 0 Å². The average Bonchev–Trinajstić information content (AvgIpc) is 3.20. The molecule has 1 amide bonds. The number of pyridine rings is 1. The first-order valence-corrected chi connectivity index (χ1v) is 9.80. The van der Waals surface area contributed by atoms with E-state index in [0.717, 1.165) is 0 Å². The second kappa shape index (κ2) is 8.55. The number of aromatic amines is 1. The number of nitrogen functional groups attached to an aromatic ring is 1. The van der Waals surface area contributed by atoms with Crippen molar-refractivity contribution in [2.75, 3.05) is 12.3 Å². The zero-order valence-electron chi connectivity index (χ0n) is 16.3. The Morgan fingerprint density at radius 1 is 1.23 bits per heavy atom. The normalized spacial score (nSPS) is 11.9. The number of aromatic nitrogens is 3. The minimum absolute atomic E-state index is 0.0717. The van der Waals surface area contributed by atoms with E-state index in [4.69, 9.17) is 22.7 Å². The maximum absolute atomic E-state index is 12.7. The van der Waals surface area contributed by atoms with Crippen molar-refractivity contribution in [3.63, 3.8) is 0 Å². The number of aliphatic hydroxyl groups excluding tert-OH is 1. The Hall–Kier alpha value is -3.75. The van der Waals surface area contributed by atoms with E-state index in [9.17, 15) is 9.90 Å². The van der Waals surface area contributed by atoms with Gasteiger partial charge in [-0.05, 0) is 42.0 Å². The maximum Gasteiger partial charge on any atom is 0.287 e. The number of halogens is 1. The number of hydrogen-bond acceptors (Lipinski definition) is 6. The largest absolute Gasteiger partial charge is 0.398 e. The molecule has 31 heavy (non-hydrogen) atoms. The van der Waals surface area contributed by atoms with E-state index in [-0.39, 0.29) is 18.1 Å². The first-order chi connectivity index (χ1) is 15.0. The van der Waals surface area contributed by atoms with E-state index in [1.165, 1.54) is 0 Å². The lowest BCUT2D eigenvalue weighted by atomic mass is 10.0. The molecule has 4 rings (SSSR count). The number of aliphatic hydroxyl groups is 1. The molecule has 1 atom stereocenters. The summed E-state index contributed by atoms with van der Waals surface area (Å²) in [4.78, 5) is 24.0. The van der Waals surface area contributed by atoms with Gasteiger partial charge in [0.15, 0.2) is 5.82 Å². The van der Waals surface area contributed by atoms with E-state index < -0.39 is 11.9 Å². The molecular formula is C22H19ClN6O2. The highest BCUT2D eigenvalue weighted by Gasteiger charge is 2.19. The van der Waals surface area contributed by atoms with Crippen molar-refractivity contribution < 1.29 is 9.90 Å². The van der Waals surface area contributed by atoms with Gasteiger partial charge in [0.1, 0.15) is 0 Å². The summed E-state index contributed by atoms with van der Waals surface area (Å²) in [5, 5.41) is 21.4. The van der Waals surface area contributed by atoms with Gasteiger partial charge >= 0.3 is 0 Å². The van der Waals surface area contributed by atoms with Crippen LogP contribution in [0.15, 0.2) is 60.9 Å². The molecule has 9 heteroatoms. The average molecular weight is 435 g/mol. The number of benzene rings is 2. The van der Waals surface area contributed by atoms with Crippen LogP contribution in [-0.4, -0.2) is 38.3 Å². The number of carbonyl (C=O) groups excluding carboxylic acids is 1. The molecule has 6 N–H and O–H groups in total. The molecule has 2 heterocycles. The number of fused-ring (bicyclic) bond motifs is 1. The van der Waals surface area contributed by atoms with Gasteiger partial charge in [-0.25, -0.2) is 4.98 Å².